The molecule has 2 heteroatoms. The van der Waals surface area contributed by atoms with Crippen molar-refractivity contribution in [3.8, 4) is 0 Å². The van der Waals surface area contributed by atoms with Gasteiger partial charge in [0.05, 0.1) is 6.61 Å². The summed E-state index contributed by atoms with van der Waals surface area (Å²) in [5.41, 5.74) is 0.792. The minimum absolute atomic E-state index is 0.111. The Morgan fingerprint density at radius 3 is 1.28 bits per heavy atom. The zero-order valence-electron chi connectivity index (χ0n) is 22.4. The molecule has 0 atom stereocenters. The zero-order chi connectivity index (χ0) is 23.5. The fourth-order valence-corrected chi connectivity index (χ4v) is 4.26. The van der Waals surface area contributed by atoms with Gasteiger partial charge in [0, 0.05) is 5.57 Å². The molecule has 190 valence electrons. The second-order valence-corrected chi connectivity index (χ2v) is 9.88. The lowest BCUT2D eigenvalue weighted by atomic mass is 10.0. The van der Waals surface area contributed by atoms with Crippen LogP contribution in [0.2, 0.25) is 0 Å². The lowest BCUT2D eigenvalue weighted by Gasteiger charge is -2.06. The molecule has 0 spiro atoms. The molecule has 0 N–H and O–H groups in total. The van der Waals surface area contributed by atoms with Gasteiger partial charge in [0.25, 0.3) is 0 Å². The van der Waals surface area contributed by atoms with Gasteiger partial charge in [0.15, 0.2) is 0 Å². The molecule has 0 aromatic heterocycles. The highest BCUT2D eigenvalue weighted by Crippen LogP contribution is 2.14. The maximum atomic E-state index is 12.1. The number of carbonyl (C=O) groups is 1. The van der Waals surface area contributed by atoms with Crippen LogP contribution in [0.4, 0.5) is 0 Å². The largest absolute Gasteiger partial charge is 0.462 e. The van der Waals surface area contributed by atoms with E-state index in [2.05, 4.69) is 19.9 Å². The van der Waals surface area contributed by atoms with Crippen molar-refractivity contribution in [3.63, 3.8) is 0 Å². The SMILES string of the molecule is CCCCCCCCCCCCCCC=C(C)C(=O)OCCCCCCCCCCCC. The van der Waals surface area contributed by atoms with Crippen LogP contribution in [0.15, 0.2) is 11.6 Å². The van der Waals surface area contributed by atoms with E-state index >= 15 is 0 Å². The second-order valence-electron chi connectivity index (χ2n) is 9.88. The summed E-state index contributed by atoms with van der Waals surface area (Å²) in [7, 11) is 0. The van der Waals surface area contributed by atoms with Crippen molar-refractivity contribution in [2.75, 3.05) is 6.61 Å². The van der Waals surface area contributed by atoms with E-state index in [-0.39, 0.29) is 5.97 Å². The van der Waals surface area contributed by atoms with E-state index < -0.39 is 0 Å². The summed E-state index contributed by atoms with van der Waals surface area (Å²) in [6, 6.07) is 0. The molecule has 0 aliphatic carbocycles. The third-order valence-corrected chi connectivity index (χ3v) is 6.56. The summed E-state index contributed by atoms with van der Waals surface area (Å²) in [6.07, 6.45) is 32.6. The van der Waals surface area contributed by atoms with E-state index in [0.717, 1.165) is 18.4 Å². The molecular weight excluding hydrogens is 392 g/mol. The average Bonchev–Trinajstić information content (AvgIpc) is 2.80. The Kier molecular flexibility index (Phi) is 25.8. The minimum Gasteiger partial charge on any atom is -0.462 e. The van der Waals surface area contributed by atoms with Gasteiger partial charge in [0.1, 0.15) is 0 Å². The summed E-state index contributed by atoms with van der Waals surface area (Å²) in [5.74, 6) is -0.111. The molecule has 0 unspecified atom stereocenters. The fourth-order valence-electron chi connectivity index (χ4n) is 4.26. The molecule has 0 aliphatic rings. The van der Waals surface area contributed by atoms with Crippen LogP contribution in [0.1, 0.15) is 168 Å². The molecule has 2 nitrogen and oxygen atoms in total. The van der Waals surface area contributed by atoms with Crippen LogP contribution in [-0.4, -0.2) is 12.6 Å². The molecule has 0 aromatic rings. The van der Waals surface area contributed by atoms with E-state index in [4.69, 9.17) is 4.74 Å². The van der Waals surface area contributed by atoms with Crippen molar-refractivity contribution in [3.05, 3.63) is 11.6 Å². The van der Waals surface area contributed by atoms with Crippen LogP contribution >= 0.6 is 0 Å². The van der Waals surface area contributed by atoms with Crippen LogP contribution in [0, 0.1) is 0 Å². The summed E-state index contributed by atoms with van der Waals surface area (Å²) in [5, 5.41) is 0. The van der Waals surface area contributed by atoms with Crippen molar-refractivity contribution >= 4 is 5.97 Å². The van der Waals surface area contributed by atoms with Crippen LogP contribution in [0.5, 0.6) is 0 Å². The highest BCUT2D eigenvalue weighted by Gasteiger charge is 2.04. The molecule has 0 aliphatic heterocycles. The predicted octanol–water partition coefficient (Wildman–Crippen LogP) is 10.5. The Labute approximate surface area is 202 Å². The van der Waals surface area contributed by atoms with E-state index in [0.29, 0.717) is 6.61 Å². The Balaban J connectivity index is 3.39. The zero-order valence-corrected chi connectivity index (χ0v) is 22.4. The van der Waals surface area contributed by atoms with Crippen molar-refractivity contribution in [2.45, 2.75) is 168 Å². The third kappa shape index (κ3) is 23.9. The lowest BCUT2D eigenvalue weighted by molar-refractivity contribution is -0.139. The van der Waals surface area contributed by atoms with Crippen LogP contribution in [-0.2, 0) is 9.53 Å². The van der Waals surface area contributed by atoms with Crippen LogP contribution in [0.25, 0.3) is 0 Å². The van der Waals surface area contributed by atoms with E-state index in [9.17, 15) is 4.79 Å². The van der Waals surface area contributed by atoms with Gasteiger partial charge >= 0.3 is 5.97 Å². The number of esters is 1. The maximum Gasteiger partial charge on any atom is 0.333 e. The lowest BCUT2D eigenvalue weighted by Crippen LogP contribution is -2.07. The number of allylic oxidation sites excluding steroid dienone is 1. The first kappa shape index (κ1) is 31.2. The first-order valence-electron chi connectivity index (χ1n) is 14.6. The second kappa shape index (κ2) is 26.5. The monoisotopic (exact) mass is 450 g/mol. The summed E-state index contributed by atoms with van der Waals surface area (Å²) in [4.78, 5) is 12.1. The van der Waals surface area contributed by atoms with Crippen molar-refractivity contribution in [2.24, 2.45) is 0 Å². The molecule has 0 aromatic carbocycles. The van der Waals surface area contributed by atoms with E-state index in [1.807, 2.05) is 6.92 Å². The Bertz CT molecular complexity index is 413. The molecular formula is C30H58O2. The number of rotatable bonds is 25. The predicted molar refractivity (Wildman–Crippen MR) is 142 cm³/mol. The molecule has 0 amide bonds. The van der Waals surface area contributed by atoms with Crippen LogP contribution < -0.4 is 0 Å². The average molecular weight is 451 g/mol. The molecule has 32 heavy (non-hydrogen) atoms. The first-order chi connectivity index (χ1) is 15.7. The standard InChI is InChI=1S/C30H58O2/c1-4-6-8-10-12-14-16-17-18-19-21-23-25-27-29(3)30(31)32-28-26-24-22-20-15-13-11-9-7-5-2/h27H,4-26,28H2,1-3H3. The minimum atomic E-state index is -0.111. The van der Waals surface area contributed by atoms with Gasteiger partial charge in [0.2, 0.25) is 0 Å². The summed E-state index contributed by atoms with van der Waals surface area (Å²) >= 11 is 0. The maximum absolute atomic E-state index is 12.1. The highest BCUT2D eigenvalue weighted by molar-refractivity contribution is 5.87. The third-order valence-electron chi connectivity index (χ3n) is 6.56. The van der Waals surface area contributed by atoms with Gasteiger partial charge in [-0.05, 0) is 26.2 Å². The van der Waals surface area contributed by atoms with Crippen LogP contribution in [0.3, 0.4) is 0 Å². The Morgan fingerprint density at radius 2 is 0.875 bits per heavy atom. The quantitative estimate of drug-likeness (QED) is 0.0785. The molecule has 0 saturated heterocycles. The highest BCUT2D eigenvalue weighted by atomic mass is 16.5. The van der Waals surface area contributed by atoms with Gasteiger partial charge in [-0.25, -0.2) is 4.79 Å². The van der Waals surface area contributed by atoms with E-state index in [1.54, 1.807) is 0 Å². The van der Waals surface area contributed by atoms with Gasteiger partial charge in [-0.3, -0.25) is 0 Å². The molecule has 0 rings (SSSR count). The normalized spacial score (nSPS) is 11.8. The molecule has 0 fully saturated rings. The van der Waals surface area contributed by atoms with Crippen molar-refractivity contribution in [1.29, 1.82) is 0 Å². The molecule has 0 heterocycles. The number of unbranched alkanes of at least 4 members (excludes halogenated alkanes) is 21. The molecule has 0 bridgehead atoms. The van der Waals surface area contributed by atoms with Crippen molar-refractivity contribution in [1.82, 2.24) is 0 Å². The van der Waals surface area contributed by atoms with Gasteiger partial charge in [-0.1, -0.05) is 148 Å². The number of carbonyl (C=O) groups excluding carboxylic acids is 1. The number of hydrogen-bond acceptors (Lipinski definition) is 2. The van der Waals surface area contributed by atoms with Gasteiger partial charge < -0.3 is 4.74 Å². The Hall–Kier alpha value is -0.790. The molecule has 0 saturated carbocycles. The fraction of sp³-hybridized carbons (Fsp3) is 0.900. The smallest absolute Gasteiger partial charge is 0.333 e. The molecule has 0 radical (unpaired) electrons. The number of ether oxygens (including phenoxy) is 1. The topological polar surface area (TPSA) is 26.3 Å². The Morgan fingerprint density at radius 1 is 0.531 bits per heavy atom. The number of hydrogen-bond donors (Lipinski definition) is 0. The van der Waals surface area contributed by atoms with Gasteiger partial charge in [-0.2, -0.15) is 0 Å². The summed E-state index contributed by atoms with van der Waals surface area (Å²) < 4.78 is 5.43. The van der Waals surface area contributed by atoms with E-state index in [1.165, 1.54) is 135 Å². The van der Waals surface area contributed by atoms with Crippen molar-refractivity contribution < 1.29 is 9.53 Å². The van der Waals surface area contributed by atoms with Gasteiger partial charge in [-0.15, -0.1) is 0 Å². The first-order valence-corrected chi connectivity index (χ1v) is 14.6. The summed E-state index contributed by atoms with van der Waals surface area (Å²) in [6.45, 7) is 7.03.